The van der Waals surface area contributed by atoms with E-state index in [2.05, 4.69) is 11.1 Å². The Morgan fingerprint density at radius 1 is 1.27 bits per heavy atom. The quantitative estimate of drug-likeness (QED) is 0.921. The highest BCUT2D eigenvalue weighted by atomic mass is 16.5. The van der Waals surface area contributed by atoms with Crippen LogP contribution in [0.15, 0.2) is 18.2 Å². The van der Waals surface area contributed by atoms with Crippen LogP contribution in [0.4, 0.5) is 5.82 Å². The molecule has 1 heterocycles. The fourth-order valence-electron chi connectivity index (χ4n) is 3.17. The summed E-state index contributed by atoms with van der Waals surface area (Å²) in [6.45, 7) is 2.00. The third kappa shape index (κ3) is 2.29. The average molecular weight is 293 g/mol. The van der Waals surface area contributed by atoms with Gasteiger partial charge in [0.1, 0.15) is 23.2 Å². The van der Waals surface area contributed by atoms with Crippen LogP contribution < -0.4 is 10.5 Å². The maximum absolute atomic E-state index is 9.54. The highest BCUT2D eigenvalue weighted by Crippen LogP contribution is 2.37. The summed E-state index contributed by atoms with van der Waals surface area (Å²) in [5, 5.41) is 9.54. The summed E-state index contributed by atoms with van der Waals surface area (Å²) in [6, 6.07) is 8.27. The van der Waals surface area contributed by atoms with Crippen molar-refractivity contribution >= 4 is 5.82 Å². The number of rotatable bonds is 2. The van der Waals surface area contributed by atoms with E-state index in [1.54, 1.807) is 7.11 Å². The van der Waals surface area contributed by atoms with Gasteiger partial charge in [0, 0.05) is 11.3 Å². The lowest BCUT2D eigenvalue weighted by Crippen LogP contribution is -2.11. The largest absolute Gasteiger partial charge is 0.496 e. The van der Waals surface area contributed by atoms with Gasteiger partial charge in [0.05, 0.1) is 7.11 Å². The first-order valence-corrected chi connectivity index (χ1v) is 7.52. The molecule has 0 spiro atoms. The van der Waals surface area contributed by atoms with Crippen molar-refractivity contribution in [3.8, 4) is 22.9 Å². The van der Waals surface area contributed by atoms with Crippen molar-refractivity contribution in [2.75, 3.05) is 12.8 Å². The average Bonchev–Trinajstić information content (AvgIpc) is 2.54. The summed E-state index contributed by atoms with van der Waals surface area (Å²) in [7, 11) is 1.66. The summed E-state index contributed by atoms with van der Waals surface area (Å²) in [5.74, 6) is 1.15. The van der Waals surface area contributed by atoms with E-state index < -0.39 is 0 Å². The van der Waals surface area contributed by atoms with Gasteiger partial charge in [-0.1, -0.05) is 12.1 Å². The molecule has 0 saturated carbocycles. The molecule has 0 bridgehead atoms. The van der Waals surface area contributed by atoms with Gasteiger partial charge in [-0.3, -0.25) is 0 Å². The normalized spacial score (nSPS) is 13.3. The minimum Gasteiger partial charge on any atom is -0.496 e. The van der Waals surface area contributed by atoms with E-state index in [-0.39, 0.29) is 0 Å². The van der Waals surface area contributed by atoms with E-state index in [1.807, 2.05) is 25.1 Å². The molecule has 1 aliphatic rings. The molecule has 4 heteroatoms. The van der Waals surface area contributed by atoms with Gasteiger partial charge >= 0.3 is 0 Å². The molecule has 2 N–H and O–H groups in total. The highest BCUT2D eigenvalue weighted by Gasteiger charge is 2.22. The fraction of sp³-hybridized carbons (Fsp3) is 0.333. The third-order valence-electron chi connectivity index (χ3n) is 4.31. The monoisotopic (exact) mass is 293 g/mol. The lowest BCUT2D eigenvalue weighted by atomic mass is 9.86. The predicted molar refractivity (Wildman–Crippen MR) is 86.7 cm³/mol. The van der Waals surface area contributed by atoms with Crippen LogP contribution in [-0.4, -0.2) is 12.1 Å². The SMILES string of the molecule is COc1cc(-c2c(C#N)c(N)nc3c2CCCC3)ccc1C. The van der Waals surface area contributed by atoms with Gasteiger partial charge in [-0.05, 0) is 55.4 Å². The van der Waals surface area contributed by atoms with Crippen LogP contribution in [-0.2, 0) is 12.8 Å². The van der Waals surface area contributed by atoms with Gasteiger partial charge in [-0.15, -0.1) is 0 Å². The molecule has 4 nitrogen and oxygen atoms in total. The van der Waals surface area contributed by atoms with Crippen molar-refractivity contribution in [1.82, 2.24) is 4.98 Å². The number of nitrogens with zero attached hydrogens (tertiary/aromatic N) is 2. The summed E-state index contributed by atoms with van der Waals surface area (Å²) >= 11 is 0. The van der Waals surface area contributed by atoms with E-state index in [0.717, 1.165) is 53.8 Å². The summed E-state index contributed by atoms with van der Waals surface area (Å²) in [5.41, 5.74) is 11.7. The number of fused-ring (bicyclic) bond motifs is 1. The van der Waals surface area contributed by atoms with Crippen molar-refractivity contribution in [3.63, 3.8) is 0 Å². The molecule has 3 rings (SSSR count). The number of aromatic nitrogens is 1. The first-order chi connectivity index (χ1) is 10.7. The second-order valence-corrected chi connectivity index (χ2v) is 5.68. The Morgan fingerprint density at radius 3 is 2.77 bits per heavy atom. The molecule has 0 amide bonds. The van der Waals surface area contributed by atoms with E-state index in [4.69, 9.17) is 10.5 Å². The van der Waals surface area contributed by atoms with Gasteiger partial charge in [0.25, 0.3) is 0 Å². The Bertz CT molecular complexity index is 775. The zero-order valence-electron chi connectivity index (χ0n) is 12.9. The number of benzene rings is 1. The molecule has 0 fully saturated rings. The van der Waals surface area contributed by atoms with Crippen LogP contribution in [0.1, 0.15) is 35.2 Å². The van der Waals surface area contributed by atoms with Crippen LogP contribution in [0.3, 0.4) is 0 Å². The van der Waals surface area contributed by atoms with E-state index in [9.17, 15) is 5.26 Å². The molecule has 0 saturated heterocycles. The molecular weight excluding hydrogens is 274 g/mol. The first-order valence-electron chi connectivity index (χ1n) is 7.52. The van der Waals surface area contributed by atoms with Crippen molar-refractivity contribution in [3.05, 3.63) is 40.6 Å². The smallest absolute Gasteiger partial charge is 0.142 e. The van der Waals surface area contributed by atoms with Gasteiger partial charge in [-0.25, -0.2) is 4.98 Å². The Morgan fingerprint density at radius 2 is 2.05 bits per heavy atom. The number of hydrogen-bond acceptors (Lipinski definition) is 4. The first kappa shape index (κ1) is 14.4. The standard InChI is InChI=1S/C18H19N3O/c1-11-7-8-12(9-16(11)22-2)17-13-5-3-4-6-15(13)21-18(20)14(17)10-19/h7-9H,3-6H2,1-2H3,(H2,20,21). The van der Waals surface area contributed by atoms with E-state index >= 15 is 0 Å². The van der Waals surface area contributed by atoms with Crippen molar-refractivity contribution in [2.45, 2.75) is 32.6 Å². The van der Waals surface area contributed by atoms with Gasteiger partial charge < -0.3 is 10.5 Å². The lowest BCUT2D eigenvalue weighted by Gasteiger charge is -2.21. The number of nitrogen functional groups attached to an aromatic ring is 1. The number of anilines is 1. The van der Waals surface area contributed by atoms with Crippen LogP contribution in [0.5, 0.6) is 5.75 Å². The number of aryl methyl sites for hydroxylation is 2. The molecule has 0 radical (unpaired) electrons. The summed E-state index contributed by atoms with van der Waals surface area (Å²) < 4.78 is 5.43. The number of pyridine rings is 1. The molecule has 2 aromatic rings. The molecule has 1 aromatic carbocycles. The maximum Gasteiger partial charge on any atom is 0.142 e. The zero-order valence-corrected chi connectivity index (χ0v) is 12.9. The summed E-state index contributed by atoms with van der Waals surface area (Å²) in [4.78, 5) is 4.45. The van der Waals surface area contributed by atoms with E-state index in [0.29, 0.717) is 11.4 Å². The molecule has 22 heavy (non-hydrogen) atoms. The predicted octanol–water partition coefficient (Wildman–Crippen LogP) is 3.40. The van der Waals surface area contributed by atoms with Crippen molar-refractivity contribution < 1.29 is 4.74 Å². The minimum atomic E-state index is 0.331. The van der Waals surface area contributed by atoms with Crippen molar-refractivity contribution in [2.24, 2.45) is 0 Å². The van der Waals surface area contributed by atoms with Gasteiger partial charge in [-0.2, -0.15) is 5.26 Å². The van der Waals surface area contributed by atoms with Crippen LogP contribution in [0.25, 0.3) is 11.1 Å². The number of nitrogens with two attached hydrogens (primary N) is 1. The Hall–Kier alpha value is -2.54. The number of methoxy groups -OCH3 is 1. The Labute approximate surface area is 130 Å². The highest BCUT2D eigenvalue weighted by molar-refractivity contribution is 5.80. The van der Waals surface area contributed by atoms with Gasteiger partial charge in [0.15, 0.2) is 0 Å². The molecule has 0 aliphatic heterocycles. The number of ether oxygens (including phenoxy) is 1. The van der Waals surface area contributed by atoms with Gasteiger partial charge in [0.2, 0.25) is 0 Å². The molecule has 1 aliphatic carbocycles. The maximum atomic E-state index is 9.54. The molecule has 112 valence electrons. The zero-order chi connectivity index (χ0) is 15.7. The van der Waals surface area contributed by atoms with Crippen LogP contribution in [0.2, 0.25) is 0 Å². The van der Waals surface area contributed by atoms with Crippen LogP contribution >= 0.6 is 0 Å². The number of nitriles is 1. The molecule has 0 atom stereocenters. The molecular formula is C18H19N3O. The van der Waals surface area contributed by atoms with E-state index in [1.165, 1.54) is 5.56 Å². The third-order valence-corrected chi connectivity index (χ3v) is 4.31. The summed E-state index contributed by atoms with van der Waals surface area (Å²) in [6.07, 6.45) is 4.13. The fourth-order valence-corrected chi connectivity index (χ4v) is 3.17. The topological polar surface area (TPSA) is 71.9 Å². The Kier molecular flexibility index (Phi) is 3.72. The lowest BCUT2D eigenvalue weighted by molar-refractivity contribution is 0.412. The minimum absolute atomic E-state index is 0.331. The number of hydrogen-bond donors (Lipinski definition) is 1. The second-order valence-electron chi connectivity index (χ2n) is 5.68. The van der Waals surface area contributed by atoms with Crippen molar-refractivity contribution in [1.29, 1.82) is 5.26 Å². The Balaban J connectivity index is 2.29. The van der Waals surface area contributed by atoms with Crippen LogP contribution in [0, 0.1) is 18.3 Å². The second kappa shape index (κ2) is 5.69. The molecule has 1 aromatic heterocycles. The molecule has 0 unspecified atom stereocenters.